The molecule has 5 heterocycles. The molecule has 0 saturated carbocycles. The van der Waals surface area contributed by atoms with Crippen LogP contribution >= 0.6 is 0 Å². The van der Waals surface area contributed by atoms with Crippen LogP contribution in [-0.2, 0) is 11.3 Å². The maximum absolute atomic E-state index is 13.2. The summed E-state index contributed by atoms with van der Waals surface area (Å²) < 4.78 is 5.41. The lowest BCUT2D eigenvalue weighted by Crippen LogP contribution is -2.36. The van der Waals surface area contributed by atoms with Crippen molar-refractivity contribution < 1.29 is 9.53 Å². The summed E-state index contributed by atoms with van der Waals surface area (Å²) in [5, 5.41) is 11.0. The molecule has 0 spiro atoms. The van der Waals surface area contributed by atoms with E-state index in [0.717, 1.165) is 60.6 Å². The number of nitrogens with one attached hydrogen (secondary N) is 2. The smallest absolute Gasteiger partial charge is 0.276 e. The van der Waals surface area contributed by atoms with Crippen molar-refractivity contribution in [3.63, 3.8) is 0 Å². The fourth-order valence-corrected chi connectivity index (χ4v) is 5.28. The normalized spacial score (nSPS) is 16.9. The fourth-order valence-electron chi connectivity index (χ4n) is 5.28. The molecule has 1 amide bonds. The molecule has 9 heteroatoms. The first-order valence-corrected chi connectivity index (χ1v) is 13.5. The lowest BCUT2D eigenvalue weighted by molar-refractivity contribution is 0.102. The van der Waals surface area contributed by atoms with E-state index in [9.17, 15) is 4.79 Å². The number of H-pyrrole nitrogens is 1. The molecule has 0 atom stereocenters. The van der Waals surface area contributed by atoms with E-state index in [0.29, 0.717) is 24.6 Å². The topological polar surface area (TPSA) is 99.3 Å². The Balaban J connectivity index is 1.18. The molecule has 2 fully saturated rings. The number of likely N-dealkylation sites (tertiary alicyclic amines) is 1. The number of benzene rings is 1. The first-order chi connectivity index (χ1) is 18.7. The van der Waals surface area contributed by atoms with Crippen LogP contribution in [0.15, 0.2) is 55.0 Å². The van der Waals surface area contributed by atoms with Crippen molar-refractivity contribution in [1.29, 1.82) is 0 Å². The average Bonchev–Trinajstić information content (AvgIpc) is 3.22. The molecule has 1 aromatic carbocycles. The van der Waals surface area contributed by atoms with Crippen LogP contribution in [0.2, 0.25) is 0 Å². The molecule has 196 valence electrons. The number of anilines is 2. The van der Waals surface area contributed by atoms with Crippen LogP contribution in [0.3, 0.4) is 0 Å². The van der Waals surface area contributed by atoms with Crippen LogP contribution in [0.25, 0.3) is 22.0 Å². The Hall–Kier alpha value is -3.82. The van der Waals surface area contributed by atoms with Gasteiger partial charge in [-0.15, -0.1) is 0 Å². The van der Waals surface area contributed by atoms with Gasteiger partial charge in [0, 0.05) is 43.0 Å². The van der Waals surface area contributed by atoms with Gasteiger partial charge in [0.05, 0.1) is 30.6 Å². The summed E-state index contributed by atoms with van der Waals surface area (Å²) in [6.45, 7) is 6.25. The van der Waals surface area contributed by atoms with Gasteiger partial charge in [-0.3, -0.25) is 19.8 Å². The van der Waals surface area contributed by atoms with Crippen LogP contribution in [0.1, 0.15) is 41.7 Å². The van der Waals surface area contributed by atoms with Crippen molar-refractivity contribution in [2.45, 2.75) is 32.2 Å². The second kappa shape index (κ2) is 11.3. The first-order valence-electron chi connectivity index (χ1n) is 13.5. The number of hydrogen-bond donors (Lipinski definition) is 2. The number of carbonyl (C=O) groups is 1. The van der Waals surface area contributed by atoms with Gasteiger partial charge < -0.3 is 15.0 Å². The number of hydrogen-bond acceptors (Lipinski definition) is 7. The number of rotatable bonds is 6. The molecular formula is C29H33N7O2. The van der Waals surface area contributed by atoms with E-state index in [1.165, 1.54) is 31.2 Å². The van der Waals surface area contributed by atoms with Gasteiger partial charge in [-0.2, -0.15) is 5.10 Å². The lowest BCUT2D eigenvalue weighted by atomic mass is 10.0. The predicted molar refractivity (Wildman–Crippen MR) is 148 cm³/mol. The first kappa shape index (κ1) is 24.5. The highest BCUT2D eigenvalue weighted by atomic mass is 16.5. The number of aromatic amines is 1. The third-order valence-electron chi connectivity index (χ3n) is 7.35. The van der Waals surface area contributed by atoms with E-state index in [2.05, 4.69) is 41.3 Å². The Kier molecular flexibility index (Phi) is 7.28. The molecule has 38 heavy (non-hydrogen) atoms. The number of nitrogens with zero attached hydrogens (tertiary/aromatic N) is 5. The Morgan fingerprint density at radius 1 is 0.921 bits per heavy atom. The highest BCUT2D eigenvalue weighted by Crippen LogP contribution is 2.27. The molecule has 6 rings (SSSR count). The van der Waals surface area contributed by atoms with Gasteiger partial charge >= 0.3 is 0 Å². The summed E-state index contributed by atoms with van der Waals surface area (Å²) in [4.78, 5) is 26.9. The molecule has 9 nitrogen and oxygen atoms in total. The molecule has 0 bridgehead atoms. The third kappa shape index (κ3) is 5.54. The summed E-state index contributed by atoms with van der Waals surface area (Å²) in [7, 11) is 0. The zero-order valence-corrected chi connectivity index (χ0v) is 21.5. The summed E-state index contributed by atoms with van der Waals surface area (Å²) in [5.41, 5.74) is 5.05. The van der Waals surface area contributed by atoms with Crippen LogP contribution in [0.5, 0.6) is 0 Å². The van der Waals surface area contributed by atoms with Crippen molar-refractivity contribution in [2.75, 3.05) is 49.6 Å². The summed E-state index contributed by atoms with van der Waals surface area (Å²) in [5.74, 6) is 0.607. The van der Waals surface area contributed by atoms with Gasteiger partial charge in [-0.1, -0.05) is 18.9 Å². The average molecular weight is 512 g/mol. The third-order valence-corrected chi connectivity index (χ3v) is 7.35. The van der Waals surface area contributed by atoms with Crippen LogP contribution < -0.4 is 10.2 Å². The zero-order chi connectivity index (χ0) is 25.7. The van der Waals surface area contributed by atoms with Crippen molar-refractivity contribution in [3.05, 3.63) is 66.2 Å². The summed E-state index contributed by atoms with van der Waals surface area (Å²) in [6.07, 6.45) is 10.7. The largest absolute Gasteiger partial charge is 0.378 e. The van der Waals surface area contributed by atoms with Gasteiger partial charge in [0.1, 0.15) is 5.82 Å². The number of carbonyl (C=O) groups excluding carboxylic acids is 1. The number of aromatic nitrogens is 4. The molecule has 0 unspecified atom stereocenters. The quantitative estimate of drug-likeness (QED) is 0.394. The molecule has 2 N–H and O–H groups in total. The van der Waals surface area contributed by atoms with E-state index < -0.39 is 0 Å². The zero-order valence-electron chi connectivity index (χ0n) is 21.5. The van der Waals surface area contributed by atoms with Crippen molar-refractivity contribution >= 4 is 28.3 Å². The highest BCUT2D eigenvalue weighted by molar-refractivity contribution is 6.11. The molecule has 2 saturated heterocycles. The molecule has 3 aromatic heterocycles. The van der Waals surface area contributed by atoms with Crippen molar-refractivity contribution in [1.82, 2.24) is 25.1 Å². The van der Waals surface area contributed by atoms with Crippen LogP contribution in [0, 0.1) is 0 Å². The van der Waals surface area contributed by atoms with Crippen molar-refractivity contribution in [2.24, 2.45) is 0 Å². The molecule has 0 aliphatic carbocycles. The minimum Gasteiger partial charge on any atom is -0.378 e. The Morgan fingerprint density at radius 3 is 2.55 bits per heavy atom. The van der Waals surface area contributed by atoms with E-state index in [1.807, 2.05) is 42.7 Å². The number of pyridine rings is 2. The maximum Gasteiger partial charge on any atom is 0.276 e. The fraction of sp³-hybridized carbons (Fsp3) is 0.379. The van der Waals surface area contributed by atoms with Gasteiger partial charge in [-0.25, -0.2) is 4.98 Å². The lowest BCUT2D eigenvalue weighted by Gasteiger charge is -2.27. The number of amides is 1. The molecule has 2 aliphatic heterocycles. The monoisotopic (exact) mass is 511 g/mol. The number of morpholine rings is 1. The number of ether oxygens (including phenoxy) is 1. The maximum atomic E-state index is 13.2. The Morgan fingerprint density at radius 2 is 1.76 bits per heavy atom. The van der Waals surface area contributed by atoms with E-state index in [4.69, 9.17) is 4.74 Å². The van der Waals surface area contributed by atoms with Gasteiger partial charge in [0.25, 0.3) is 5.91 Å². The SMILES string of the molecule is O=C(Nc1ccc(N2CCOCC2)nc1)c1n[nH]c2ccc(-c3cncc(CN4CCCCCC4)c3)cc12. The van der Waals surface area contributed by atoms with Gasteiger partial charge in [-0.05, 0) is 67.4 Å². The van der Waals surface area contributed by atoms with Gasteiger partial charge in [0.15, 0.2) is 5.69 Å². The number of fused-ring (bicyclic) bond motifs is 1. The Bertz CT molecular complexity index is 1390. The van der Waals surface area contributed by atoms with E-state index in [1.54, 1.807) is 6.20 Å². The second-order valence-electron chi connectivity index (χ2n) is 10.1. The standard InChI is InChI=1S/C29H33N7O2/c37-29(32-24-6-8-27(31-19-24)36-11-13-38-14-12-36)28-25-16-22(5-7-26(25)33-34-28)23-15-21(17-30-18-23)20-35-9-3-1-2-4-10-35/h5-8,15-19H,1-4,9-14,20H2,(H,32,37)(H,33,34). The molecular weight excluding hydrogens is 478 g/mol. The predicted octanol–water partition coefficient (Wildman–Crippen LogP) is 4.48. The van der Waals surface area contributed by atoms with E-state index in [-0.39, 0.29) is 5.91 Å². The van der Waals surface area contributed by atoms with Gasteiger partial charge in [0.2, 0.25) is 0 Å². The molecule has 0 radical (unpaired) electrons. The van der Waals surface area contributed by atoms with Crippen molar-refractivity contribution in [3.8, 4) is 11.1 Å². The van der Waals surface area contributed by atoms with Crippen LogP contribution in [-0.4, -0.2) is 70.4 Å². The summed E-state index contributed by atoms with van der Waals surface area (Å²) in [6, 6.07) is 12.0. The second-order valence-corrected chi connectivity index (χ2v) is 10.1. The van der Waals surface area contributed by atoms with Crippen LogP contribution in [0.4, 0.5) is 11.5 Å². The minimum atomic E-state index is -0.276. The Labute approximate surface area is 222 Å². The highest BCUT2D eigenvalue weighted by Gasteiger charge is 2.17. The minimum absolute atomic E-state index is 0.276. The molecule has 2 aliphatic rings. The van der Waals surface area contributed by atoms with E-state index >= 15 is 0 Å². The molecule has 4 aromatic rings. The summed E-state index contributed by atoms with van der Waals surface area (Å²) >= 11 is 0.